The van der Waals surface area contributed by atoms with Gasteiger partial charge < -0.3 is 10.1 Å². The van der Waals surface area contributed by atoms with E-state index in [-0.39, 0.29) is 12.4 Å². The highest BCUT2D eigenvalue weighted by Crippen LogP contribution is 2.20. The Morgan fingerprint density at radius 3 is 2.48 bits per heavy atom. The molecule has 1 N–H and O–H groups in total. The molecule has 0 saturated carbocycles. The second-order valence-corrected chi connectivity index (χ2v) is 5.84. The molecule has 0 aliphatic rings. The summed E-state index contributed by atoms with van der Waals surface area (Å²) in [5.41, 5.74) is 2.32. The van der Waals surface area contributed by atoms with Crippen LogP contribution in [0.4, 0.5) is 0 Å². The minimum atomic E-state index is 0. The Balaban J connectivity index is 0.00000264. The Bertz CT molecular complexity index is 558. The fraction of sp³-hybridized carbons (Fsp3) is 0.368. The molecule has 2 rings (SSSR count). The third-order valence-electron chi connectivity index (χ3n) is 3.55. The Labute approximate surface area is 150 Å². The SMILES string of the molecule is CCCCCNCc1ccccc1OCc1ccc(Cl)cc1.Cl. The van der Waals surface area contributed by atoms with Gasteiger partial charge in [-0.15, -0.1) is 12.4 Å². The molecule has 0 aliphatic heterocycles. The molecular formula is C19H25Cl2NO. The molecule has 2 aromatic carbocycles. The van der Waals surface area contributed by atoms with Crippen molar-refractivity contribution in [1.29, 1.82) is 0 Å². The van der Waals surface area contributed by atoms with Crippen molar-refractivity contribution in [2.45, 2.75) is 39.3 Å². The fourth-order valence-corrected chi connectivity index (χ4v) is 2.38. The monoisotopic (exact) mass is 353 g/mol. The fourth-order valence-electron chi connectivity index (χ4n) is 2.26. The minimum absolute atomic E-state index is 0. The number of para-hydroxylation sites is 1. The van der Waals surface area contributed by atoms with Crippen LogP contribution in [0, 0.1) is 0 Å². The smallest absolute Gasteiger partial charge is 0.124 e. The normalized spacial score (nSPS) is 10.2. The van der Waals surface area contributed by atoms with Crippen molar-refractivity contribution in [2.24, 2.45) is 0 Å². The van der Waals surface area contributed by atoms with Crippen LogP contribution < -0.4 is 10.1 Å². The zero-order chi connectivity index (χ0) is 15.6. The van der Waals surface area contributed by atoms with Crippen molar-refractivity contribution in [3.8, 4) is 5.75 Å². The quantitative estimate of drug-likeness (QED) is 0.590. The predicted octanol–water partition coefficient (Wildman–Crippen LogP) is 5.62. The van der Waals surface area contributed by atoms with Crippen molar-refractivity contribution in [3.05, 3.63) is 64.7 Å². The summed E-state index contributed by atoms with van der Waals surface area (Å²) in [4.78, 5) is 0. The zero-order valence-corrected chi connectivity index (χ0v) is 15.1. The summed E-state index contributed by atoms with van der Waals surface area (Å²) < 4.78 is 5.96. The van der Waals surface area contributed by atoms with Gasteiger partial charge in [0, 0.05) is 17.1 Å². The topological polar surface area (TPSA) is 21.3 Å². The van der Waals surface area contributed by atoms with Crippen molar-refractivity contribution in [1.82, 2.24) is 5.32 Å². The van der Waals surface area contributed by atoms with E-state index < -0.39 is 0 Å². The number of ether oxygens (including phenoxy) is 1. The van der Waals surface area contributed by atoms with E-state index in [4.69, 9.17) is 16.3 Å². The molecule has 2 aromatic rings. The molecular weight excluding hydrogens is 329 g/mol. The molecule has 0 unspecified atom stereocenters. The standard InChI is InChI=1S/C19H24ClNO.ClH/c1-2-3-6-13-21-14-17-7-4-5-8-19(17)22-15-16-9-11-18(20)12-10-16;/h4-5,7-12,21H,2-3,6,13-15H2,1H3;1H. The van der Waals surface area contributed by atoms with Gasteiger partial charge in [0.2, 0.25) is 0 Å². The molecule has 0 aliphatic carbocycles. The van der Waals surface area contributed by atoms with Crippen LogP contribution in [0.1, 0.15) is 37.3 Å². The number of benzene rings is 2. The summed E-state index contributed by atoms with van der Waals surface area (Å²) in [6.45, 7) is 4.68. The second-order valence-electron chi connectivity index (χ2n) is 5.41. The second kappa shape index (κ2) is 11.3. The van der Waals surface area contributed by atoms with E-state index in [2.05, 4.69) is 24.4 Å². The molecule has 0 spiro atoms. The Morgan fingerprint density at radius 2 is 1.74 bits per heavy atom. The van der Waals surface area contributed by atoms with E-state index in [1.807, 2.05) is 36.4 Å². The van der Waals surface area contributed by atoms with Gasteiger partial charge in [-0.1, -0.05) is 61.7 Å². The number of hydrogen-bond acceptors (Lipinski definition) is 2. The van der Waals surface area contributed by atoms with E-state index in [0.29, 0.717) is 6.61 Å². The maximum atomic E-state index is 5.96. The van der Waals surface area contributed by atoms with Crippen molar-refractivity contribution in [3.63, 3.8) is 0 Å². The highest BCUT2D eigenvalue weighted by molar-refractivity contribution is 6.30. The molecule has 4 heteroatoms. The molecule has 0 bridgehead atoms. The van der Waals surface area contributed by atoms with Crippen LogP contribution in [-0.4, -0.2) is 6.54 Å². The Hall–Kier alpha value is -1.22. The first-order valence-electron chi connectivity index (χ1n) is 7.95. The van der Waals surface area contributed by atoms with E-state index in [0.717, 1.165) is 29.4 Å². The van der Waals surface area contributed by atoms with Gasteiger partial charge >= 0.3 is 0 Å². The predicted molar refractivity (Wildman–Crippen MR) is 101 cm³/mol. The minimum Gasteiger partial charge on any atom is -0.489 e. The van der Waals surface area contributed by atoms with E-state index in [1.165, 1.54) is 24.8 Å². The Kier molecular flexibility index (Phi) is 9.77. The average molecular weight is 354 g/mol. The molecule has 2 nitrogen and oxygen atoms in total. The van der Waals surface area contributed by atoms with Crippen LogP contribution in [0.5, 0.6) is 5.75 Å². The molecule has 0 fully saturated rings. The van der Waals surface area contributed by atoms with Gasteiger partial charge in [0.15, 0.2) is 0 Å². The van der Waals surface area contributed by atoms with Crippen LogP contribution in [0.2, 0.25) is 5.02 Å². The third kappa shape index (κ3) is 7.26. The number of rotatable bonds is 9. The first kappa shape index (κ1) is 19.8. The van der Waals surface area contributed by atoms with E-state index in [9.17, 15) is 0 Å². The van der Waals surface area contributed by atoms with Gasteiger partial charge in [0.25, 0.3) is 0 Å². The van der Waals surface area contributed by atoms with Crippen molar-refractivity contribution < 1.29 is 4.74 Å². The lowest BCUT2D eigenvalue weighted by molar-refractivity contribution is 0.302. The molecule has 126 valence electrons. The molecule has 0 heterocycles. The maximum Gasteiger partial charge on any atom is 0.124 e. The first-order valence-corrected chi connectivity index (χ1v) is 8.33. The summed E-state index contributed by atoms with van der Waals surface area (Å²) in [5, 5.41) is 4.24. The van der Waals surface area contributed by atoms with Crippen LogP contribution in [0.15, 0.2) is 48.5 Å². The maximum absolute atomic E-state index is 5.96. The largest absolute Gasteiger partial charge is 0.489 e. The third-order valence-corrected chi connectivity index (χ3v) is 3.80. The first-order chi connectivity index (χ1) is 10.8. The summed E-state index contributed by atoms with van der Waals surface area (Å²) in [6.07, 6.45) is 3.76. The average Bonchev–Trinajstić information content (AvgIpc) is 2.55. The molecule has 0 saturated heterocycles. The lowest BCUT2D eigenvalue weighted by atomic mass is 10.2. The molecule has 23 heavy (non-hydrogen) atoms. The number of halogens is 2. The van der Waals surface area contributed by atoms with Crippen LogP contribution in [0.3, 0.4) is 0 Å². The van der Waals surface area contributed by atoms with Crippen LogP contribution in [-0.2, 0) is 13.2 Å². The number of unbranched alkanes of at least 4 members (excludes halogenated alkanes) is 2. The molecule has 0 aromatic heterocycles. The highest BCUT2D eigenvalue weighted by atomic mass is 35.5. The summed E-state index contributed by atoms with van der Waals surface area (Å²) >= 11 is 5.90. The van der Waals surface area contributed by atoms with Gasteiger partial charge in [0.1, 0.15) is 12.4 Å². The molecule has 0 radical (unpaired) electrons. The summed E-state index contributed by atoms with van der Waals surface area (Å²) in [5.74, 6) is 0.945. The highest BCUT2D eigenvalue weighted by Gasteiger charge is 2.03. The lowest BCUT2D eigenvalue weighted by Gasteiger charge is -2.12. The molecule has 0 atom stereocenters. The molecule has 0 amide bonds. The van der Waals surface area contributed by atoms with Crippen LogP contribution >= 0.6 is 24.0 Å². The lowest BCUT2D eigenvalue weighted by Crippen LogP contribution is -2.15. The van der Waals surface area contributed by atoms with E-state index in [1.54, 1.807) is 0 Å². The van der Waals surface area contributed by atoms with Gasteiger partial charge in [-0.2, -0.15) is 0 Å². The number of nitrogens with one attached hydrogen (secondary N) is 1. The zero-order valence-electron chi connectivity index (χ0n) is 13.6. The van der Waals surface area contributed by atoms with Gasteiger partial charge in [-0.05, 0) is 36.7 Å². The summed E-state index contributed by atoms with van der Waals surface area (Å²) in [6, 6.07) is 16.0. The summed E-state index contributed by atoms with van der Waals surface area (Å²) in [7, 11) is 0. The number of hydrogen-bond donors (Lipinski definition) is 1. The van der Waals surface area contributed by atoms with Gasteiger partial charge in [-0.3, -0.25) is 0 Å². The van der Waals surface area contributed by atoms with Crippen molar-refractivity contribution in [2.75, 3.05) is 6.54 Å². The van der Waals surface area contributed by atoms with E-state index >= 15 is 0 Å². The van der Waals surface area contributed by atoms with Crippen molar-refractivity contribution >= 4 is 24.0 Å². The van der Waals surface area contributed by atoms with Gasteiger partial charge in [0.05, 0.1) is 0 Å². The van der Waals surface area contributed by atoms with Gasteiger partial charge in [-0.25, -0.2) is 0 Å². The van der Waals surface area contributed by atoms with Crippen LogP contribution in [0.25, 0.3) is 0 Å². The Morgan fingerprint density at radius 1 is 1.00 bits per heavy atom.